The van der Waals surface area contributed by atoms with Crippen LogP contribution in [0, 0.1) is 12.7 Å². The molecular formula is C13H11Cl2FN2O. The van der Waals surface area contributed by atoms with Crippen LogP contribution in [0.1, 0.15) is 5.56 Å². The summed E-state index contributed by atoms with van der Waals surface area (Å²) in [6.45, 7) is 1.86. The summed E-state index contributed by atoms with van der Waals surface area (Å²) >= 11 is 11.7. The first-order valence-corrected chi connectivity index (χ1v) is 6.12. The molecule has 100 valence electrons. The van der Waals surface area contributed by atoms with Gasteiger partial charge in [-0.2, -0.15) is 0 Å². The van der Waals surface area contributed by atoms with E-state index in [-0.39, 0.29) is 22.1 Å². The molecule has 0 radical (unpaired) electrons. The Morgan fingerprint density at radius 2 is 1.79 bits per heavy atom. The second kappa shape index (κ2) is 5.15. The van der Waals surface area contributed by atoms with E-state index in [4.69, 9.17) is 39.4 Å². The summed E-state index contributed by atoms with van der Waals surface area (Å²) in [7, 11) is 0. The number of aryl methyl sites for hydroxylation is 1. The maximum Gasteiger partial charge on any atom is 0.188 e. The molecule has 4 N–H and O–H groups in total. The van der Waals surface area contributed by atoms with Crippen LogP contribution in [0.5, 0.6) is 11.5 Å². The lowest BCUT2D eigenvalue weighted by Gasteiger charge is -2.13. The number of anilines is 2. The molecule has 2 aromatic rings. The normalized spacial score (nSPS) is 10.5. The van der Waals surface area contributed by atoms with Gasteiger partial charge >= 0.3 is 0 Å². The standard InChI is InChI=1S/C13H11Cl2FN2O/c1-6-2-3-7(14)10(4-6)19-13-9(18)5-8(17)11(15)12(13)16/h2-5H,17-18H2,1H3. The van der Waals surface area contributed by atoms with Crippen molar-refractivity contribution in [3.8, 4) is 11.5 Å². The van der Waals surface area contributed by atoms with Crippen LogP contribution in [0.25, 0.3) is 0 Å². The Morgan fingerprint density at radius 3 is 2.47 bits per heavy atom. The Kier molecular flexibility index (Phi) is 3.73. The molecule has 0 saturated heterocycles. The number of benzene rings is 2. The van der Waals surface area contributed by atoms with Gasteiger partial charge in [0.25, 0.3) is 0 Å². The number of hydrogen-bond acceptors (Lipinski definition) is 3. The molecular weight excluding hydrogens is 290 g/mol. The molecule has 0 aliphatic heterocycles. The molecule has 19 heavy (non-hydrogen) atoms. The largest absolute Gasteiger partial charge is 0.450 e. The van der Waals surface area contributed by atoms with Gasteiger partial charge in [0.2, 0.25) is 0 Å². The van der Waals surface area contributed by atoms with Gasteiger partial charge in [0.15, 0.2) is 11.6 Å². The van der Waals surface area contributed by atoms with Gasteiger partial charge in [-0.15, -0.1) is 0 Å². The van der Waals surface area contributed by atoms with Gasteiger partial charge in [0, 0.05) is 0 Å². The van der Waals surface area contributed by atoms with Crippen LogP contribution in [-0.4, -0.2) is 0 Å². The van der Waals surface area contributed by atoms with Crippen LogP contribution < -0.4 is 16.2 Å². The second-order valence-corrected chi connectivity index (χ2v) is 4.83. The number of nitrogens with two attached hydrogens (primary N) is 2. The lowest BCUT2D eigenvalue weighted by atomic mass is 10.2. The molecule has 0 fully saturated rings. The minimum absolute atomic E-state index is 0.0528. The van der Waals surface area contributed by atoms with Gasteiger partial charge in [-0.1, -0.05) is 29.3 Å². The van der Waals surface area contributed by atoms with Crippen molar-refractivity contribution in [3.05, 3.63) is 45.7 Å². The highest BCUT2D eigenvalue weighted by Crippen LogP contribution is 2.39. The Balaban J connectivity index is 2.49. The number of nitrogen functional groups attached to an aromatic ring is 2. The third-order valence-corrected chi connectivity index (χ3v) is 3.21. The highest BCUT2D eigenvalue weighted by atomic mass is 35.5. The van der Waals surface area contributed by atoms with Gasteiger partial charge < -0.3 is 16.2 Å². The number of halogens is 3. The van der Waals surface area contributed by atoms with E-state index < -0.39 is 5.82 Å². The van der Waals surface area contributed by atoms with Crippen molar-refractivity contribution in [2.24, 2.45) is 0 Å². The van der Waals surface area contributed by atoms with Gasteiger partial charge in [-0.05, 0) is 30.7 Å². The fraction of sp³-hybridized carbons (Fsp3) is 0.0769. The predicted molar refractivity (Wildman–Crippen MR) is 76.5 cm³/mol. The molecule has 0 unspecified atom stereocenters. The Morgan fingerprint density at radius 1 is 1.11 bits per heavy atom. The minimum Gasteiger partial charge on any atom is -0.450 e. The molecule has 0 amide bonds. The monoisotopic (exact) mass is 300 g/mol. The highest BCUT2D eigenvalue weighted by Gasteiger charge is 2.17. The van der Waals surface area contributed by atoms with Crippen LogP contribution in [0.4, 0.5) is 15.8 Å². The highest BCUT2D eigenvalue weighted by molar-refractivity contribution is 6.33. The van der Waals surface area contributed by atoms with Crippen LogP contribution in [-0.2, 0) is 0 Å². The van der Waals surface area contributed by atoms with Gasteiger partial charge in [-0.3, -0.25) is 0 Å². The van der Waals surface area contributed by atoms with Crippen molar-refractivity contribution in [3.63, 3.8) is 0 Å². The quantitative estimate of drug-likeness (QED) is 0.808. The summed E-state index contributed by atoms with van der Waals surface area (Å²) in [5.41, 5.74) is 12.2. The molecule has 0 aliphatic carbocycles. The van der Waals surface area contributed by atoms with Crippen molar-refractivity contribution in [2.75, 3.05) is 11.5 Å². The molecule has 0 aromatic heterocycles. The second-order valence-electron chi connectivity index (χ2n) is 4.05. The van der Waals surface area contributed by atoms with Crippen molar-refractivity contribution < 1.29 is 9.13 Å². The van der Waals surface area contributed by atoms with Crippen molar-refractivity contribution in [2.45, 2.75) is 6.92 Å². The van der Waals surface area contributed by atoms with Crippen molar-refractivity contribution in [1.29, 1.82) is 0 Å². The van der Waals surface area contributed by atoms with Crippen LogP contribution >= 0.6 is 23.2 Å². The molecule has 0 heterocycles. The van der Waals surface area contributed by atoms with Gasteiger partial charge in [0.1, 0.15) is 10.8 Å². The van der Waals surface area contributed by atoms with E-state index in [0.717, 1.165) is 5.56 Å². The average molecular weight is 301 g/mol. The SMILES string of the molecule is Cc1ccc(Cl)c(Oc2c(N)cc(N)c(Cl)c2F)c1. The first-order valence-electron chi connectivity index (χ1n) is 5.37. The molecule has 0 aliphatic rings. The Labute approximate surface area is 119 Å². The lowest BCUT2D eigenvalue weighted by molar-refractivity contribution is 0.445. The number of rotatable bonds is 2. The van der Waals surface area contributed by atoms with Crippen molar-refractivity contribution >= 4 is 34.6 Å². The van der Waals surface area contributed by atoms with Gasteiger partial charge in [0.05, 0.1) is 16.4 Å². The molecule has 3 nitrogen and oxygen atoms in total. The molecule has 6 heteroatoms. The Bertz CT molecular complexity index is 647. The Hall–Kier alpha value is -1.65. The summed E-state index contributed by atoms with van der Waals surface area (Å²) in [4.78, 5) is 0. The van der Waals surface area contributed by atoms with Crippen LogP contribution in [0.3, 0.4) is 0 Å². The van der Waals surface area contributed by atoms with Crippen LogP contribution in [0.15, 0.2) is 24.3 Å². The van der Waals surface area contributed by atoms with Crippen LogP contribution in [0.2, 0.25) is 10.0 Å². The topological polar surface area (TPSA) is 61.3 Å². The average Bonchev–Trinajstić information content (AvgIpc) is 2.36. The van der Waals surface area contributed by atoms with Crippen molar-refractivity contribution in [1.82, 2.24) is 0 Å². The fourth-order valence-electron chi connectivity index (χ4n) is 1.55. The summed E-state index contributed by atoms with van der Waals surface area (Å²) < 4.78 is 19.4. The maximum atomic E-state index is 14.0. The zero-order chi connectivity index (χ0) is 14.2. The van der Waals surface area contributed by atoms with E-state index in [1.807, 2.05) is 13.0 Å². The predicted octanol–water partition coefficient (Wildman–Crippen LogP) is 4.40. The maximum absolute atomic E-state index is 14.0. The summed E-state index contributed by atoms with van der Waals surface area (Å²) in [5.74, 6) is -0.698. The first kappa shape index (κ1) is 13.8. The lowest BCUT2D eigenvalue weighted by Crippen LogP contribution is -2.00. The van der Waals surface area contributed by atoms with E-state index in [1.165, 1.54) is 6.07 Å². The van der Waals surface area contributed by atoms with Gasteiger partial charge in [-0.25, -0.2) is 4.39 Å². The summed E-state index contributed by atoms with van der Waals surface area (Å²) in [5, 5.41) is 0.116. The molecule has 0 atom stereocenters. The zero-order valence-corrected chi connectivity index (χ0v) is 11.5. The minimum atomic E-state index is -0.809. The summed E-state index contributed by atoms with van der Waals surface area (Å²) in [6, 6.07) is 6.47. The summed E-state index contributed by atoms with van der Waals surface area (Å²) in [6.07, 6.45) is 0. The fourth-order valence-corrected chi connectivity index (χ4v) is 1.85. The van der Waals surface area contributed by atoms with E-state index in [2.05, 4.69) is 0 Å². The molecule has 0 spiro atoms. The zero-order valence-electron chi connectivity index (χ0n) is 10.0. The third-order valence-electron chi connectivity index (χ3n) is 2.52. The molecule has 2 rings (SSSR count). The van der Waals surface area contributed by atoms with E-state index >= 15 is 0 Å². The van der Waals surface area contributed by atoms with E-state index in [0.29, 0.717) is 10.8 Å². The smallest absolute Gasteiger partial charge is 0.188 e. The molecule has 0 saturated carbocycles. The molecule has 2 aromatic carbocycles. The number of ether oxygens (including phenoxy) is 1. The molecule has 0 bridgehead atoms. The number of hydrogen-bond donors (Lipinski definition) is 2. The van der Waals surface area contributed by atoms with E-state index in [1.54, 1.807) is 12.1 Å². The first-order chi connectivity index (χ1) is 8.90. The third kappa shape index (κ3) is 2.69. The van der Waals surface area contributed by atoms with E-state index in [9.17, 15) is 4.39 Å².